The maximum Gasteiger partial charge on any atom is 0.263 e. The summed E-state index contributed by atoms with van der Waals surface area (Å²) in [6, 6.07) is -0.461. The average molecular weight is 370 g/mol. The van der Waals surface area contributed by atoms with Crippen LogP contribution in [-0.2, 0) is 17.4 Å². The zero-order valence-electron chi connectivity index (χ0n) is 15.7. The van der Waals surface area contributed by atoms with E-state index in [-0.39, 0.29) is 23.0 Å². The van der Waals surface area contributed by atoms with Crippen molar-refractivity contribution in [2.75, 3.05) is 16.8 Å². The van der Waals surface area contributed by atoms with E-state index in [4.69, 9.17) is 0 Å². The molecule has 142 valence electrons. The van der Waals surface area contributed by atoms with Crippen LogP contribution in [0.1, 0.15) is 27.2 Å². The molecule has 3 aromatic rings. The number of carbonyl (C=O) groups is 1. The van der Waals surface area contributed by atoms with Gasteiger partial charge in [0, 0.05) is 19.8 Å². The van der Waals surface area contributed by atoms with Gasteiger partial charge in [-0.15, -0.1) is 0 Å². The molecule has 0 spiro atoms. The zero-order chi connectivity index (χ0) is 19.3. The number of anilines is 2. The number of hydrogen-bond donors (Lipinski definition) is 2. The quantitative estimate of drug-likeness (QED) is 0.706. The molecule has 0 aromatic carbocycles. The number of carbonyl (C=O) groups excluding carboxylic acids is 1. The second-order valence-corrected chi connectivity index (χ2v) is 7.73. The first-order valence-corrected chi connectivity index (χ1v) is 8.79. The topological polar surface area (TPSA) is 114 Å². The summed E-state index contributed by atoms with van der Waals surface area (Å²) in [7, 11) is 1.81. The van der Waals surface area contributed by atoms with Crippen LogP contribution in [0.3, 0.4) is 0 Å². The first kappa shape index (κ1) is 17.3. The molecule has 27 heavy (non-hydrogen) atoms. The molecule has 1 aliphatic heterocycles. The van der Waals surface area contributed by atoms with E-state index in [0.29, 0.717) is 24.0 Å². The summed E-state index contributed by atoms with van der Waals surface area (Å²) in [5.74, 6) is 0.194. The van der Waals surface area contributed by atoms with Crippen molar-refractivity contribution in [1.82, 2.24) is 29.5 Å². The molecule has 0 bridgehead atoms. The Hall–Kier alpha value is -3.17. The van der Waals surface area contributed by atoms with Crippen molar-refractivity contribution < 1.29 is 4.79 Å². The molecule has 10 heteroatoms. The van der Waals surface area contributed by atoms with Gasteiger partial charge in [0.25, 0.3) is 5.56 Å². The Kier molecular flexibility index (Phi) is 3.79. The molecule has 2 N–H and O–H groups in total. The molecule has 1 fully saturated rings. The Balaban J connectivity index is 1.62. The smallest absolute Gasteiger partial charge is 0.263 e. The Labute approximate surface area is 155 Å². The molecule has 3 aromatic heterocycles. The molecule has 1 saturated heterocycles. The van der Waals surface area contributed by atoms with E-state index < -0.39 is 6.04 Å². The fraction of sp³-hybridized carbons (Fsp3) is 0.471. The predicted octanol–water partition coefficient (Wildman–Crippen LogP) is 0.825. The van der Waals surface area contributed by atoms with E-state index in [0.717, 1.165) is 5.69 Å². The number of hydrogen-bond acceptors (Lipinski definition) is 6. The highest BCUT2D eigenvalue weighted by atomic mass is 16.2. The molecule has 1 atom stereocenters. The third-order valence-electron chi connectivity index (χ3n) is 4.59. The van der Waals surface area contributed by atoms with Crippen LogP contribution in [0.4, 0.5) is 11.6 Å². The van der Waals surface area contributed by atoms with E-state index in [9.17, 15) is 9.59 Å². The van der Waals surface area contributed by atoms with Crippen LogP contribution in [0.15, 0.2) is 23.4 Å². The summed E-state index contributed by atoms with van der Waals surface area (Å²) < 4.78 is 3.37. The summed E-state index contributed by atoms with van der Waals surface area (Å²) in [4.78, 5) is 34.0. The Bertz CT molecular complexity index is 1070. The second-order valence-electron chi connectivity index (χ2n) is 7.73. The van der Waals surface area contributed by atoms with Crippen molar-refractivity contribution in [2.45, 2.75) is 38.8 Å². The SMILES string of the molecule is Cn1cc(N2CCC(Nc3nc4c(cnn4C(C)(C)C)c(=O)[nH]3)C2=O)cn1. The number of amides is 1. The zero-order valence-corrected chi connectivity index (χ0v) is 15.7. The van der Waals surface area contributed by atoms with Crippen molar-refractivity contribution in [3.8, 4) is 0 Å². The van der Waals surface area contributed by atoms with Crippen LogP contribution in [0.25, 0.3) is 11.0 Å². The van der Waals surface area contributed by atoms with Crippen LogP contribution < -0.4 is 15.8 Å². The van der Waals surface area contributed by atoms with Crippen LogP contribution in [0, 0.1) is 0 Å². The number of aromatic amines is 1. The molecule has 1 unspecified atom stereocenters. The molecule has 10 nitrogen and oxygen atoms in total. The number of nitrogens with zero attached hydrogens (tertiary/aromatic N) is 6. The normalized spacial score (nSPS) is 17.9. The van der Waals surface area contributed by atoms with Crippen LogP contribution in [-0.4, -0.2) is 48.0 Å². The number of H-pyrrole nitrogens is 1. The summed E-state index contributed by atoms with van der Waals surface area (Å²) in [6.07, 6.45) is 5.58. The van der Waals surface area contributed by atoms with E-state index >= 15 is 0 Å². The van der Waals surface area contributed by atoms with E-state index in [1.54, 1.807) is 26.7 Å². The van der Waals surface area contributed by atoms with Crippen LogP contribution in [0.5, 0.6) is 0 Å². The van der Waals surface area contributed by atoms with Gasteiger partial charge in [0.1, 0.15) is 11.4 Å². The number of aromatic nitrogens is 6. The second kappa shape index (κ2) is 5.93. The number of aryl methyl sites for hydroxylation is 1. The molecular weight excluding hydrogens is 348 g/mol. The van der Waals surface area contributed by atoms with Gasteiger partial charge in [-0.25, -0.2) is 4.68 Å². The fourth-order valence-electron chi connectivity index (χ4n) is 3.26. The van der Waals surface area contributed by atoms with Crippen molar-refractivity contribution in [3.05, 3.63) is 28.9 Å². The highest BCUT2D eigenvalue weighted by Gasteiger charge is 2.33. The lowest BCUT2D eigenvalue weighted by Crippen LogP contribution is -2.34. The minimum absolute atomic E-state index is 0.0740. The maximum absolute atomic E-state index is 12.7. The first-order valence-electron chi connectivity index (χ1n) is 8.79. The summed E-state index contributed by atoms with van der Waals surface area (Å²) >= 11 is 0. The molecule has 1 aliphatic rings. The Morgan fingerprint density at radius 1 is 1.22 bits per heavy atom. The minimum atomic E-state index is -0.461. The highest BCUT2D eigenvalue weighted by Crippen LogP contribution is 2.23. The van der Waals surface area contributed by atoms with Crippen molar-refractivity contribution >= 4 is 28.6 Å². The molecule has 0 radical (unpaired) electrons. The molecule has 1 amide bonds. The van der Waals surface area contributed by atoms with Gasteiger partial charge in [-0.3, -0.25) is 19.3 Å². The Morgan fingerprint density at radius 2 is 2.00 bits per heavy atom. The van der Waals surface area contributed by atoms with Crippen molar-refractivity contribution in [2.24, 2.45) is 7.05 Å². The standard InChI is InChI=1S/C17H22N8O2/c1-17(2,3)25-13-11(8-19-25)14(26)22-16(21-13)20-12-5-6-24(15(12)27)10-7-18-23(4)9-10/h7-9,12H,5-6H2,1-4H3,(H2,20,21,22,26). The van der Waals surface area contributed by atoms with Crippen molar-refractivity contribution in [3.63, 3.8) is 0 Å². The monoisotopic (exact) mass is 370 g/mol. The fourth-order valence-corrected chi connectivity index (χ4v) is 3.26. The lowest BCUT2D eigenvalue weighted by Gasteiger charge is -2.20. The third-order valence-corrected chi connectivity index (χ3v) is 4.59. The molecule has 0 aliphatic carbocycles. The average Bonchev–Trinajstić information content (AvgIpc) is 3.27. The summed E-state index contributed by atoms with van der Waals surface area (Å²) in [5.41, 5.74) is 0.644. The van der Waals surface area contributed by atoms with Gasteiger partial charge < -0.3 is 10.2 Å². The third kappa shape index (κ3) is 2.96. The van der Waals surface area contributed by atoms with Gasteiger partial charge >= 0.3 is 0 Å². The van der Waals surface area contributed by atoms with Gasteiger partial charge in [0.15, 0.2) is 5.65 Å². The largest absolute Gasteiger partial charge is 0.344 e. The number of rotatable bonds is 3. The maximum atomic E-state index is 12.7. The van der Waals surface area contributed by atoms with Gasteiger partial charge in [-0.1, -0.05) is 0 Å². The van der Waals surface area contributed by atoms with Crippen molar-refractivity contribution in [1.29, 1.82) is 0 Å². The summed E-state index contributed by atoms with van der Waals surface area (Å²) in [5, 5.41) is 11.9. The summed E-state index contributed by atoms with van der Waals surface area (Å²) in [6.45, 7) is 6.54. The Morgan fingerprint density at radius 3 is 2.67 bits per heavy atom. The van der Waals surface area contributed by atoms with Gasteiger partial charge in [-0.2, -0.15) is 15.2 Å². The van der Waals surface area contributed by atoms with E-state index in [1.807, 2.05) is 27.8 Å². The lowest BCUT2D eigenvalue weighted by molar-refractivity contribution is -0.117. The minimum Gasteiger partial charge on any atom is -0.344 e. The van der Waals surface area contributed by atoms with Gasteiger partial charge in [-0.05, 0) is 27.2 Å². The molecule has 0 saturated carbocycles. The van der Waals surface area contributed by atoms with Gasteiger partial charge in [0.2, 0.25) is 11.9 Å². The predicted molar refractivity (Wildman–Crippen MR) is 101 cm³/mol. The van der Waals surface area contributed by atoms with Gasteiger partial charge in [0.05, 0.1) is 23.6 Å². The number of fused-ring (bicyclic) bond motifs is 1. The lowest BCUT2D eigenvalue weighted by atomic mass is 10.1. The first-order chi connectivity index (χ1) is 12.7. The molecule has 4 heterocycles. The van der Waals surface area contributed by atoms with E-state index in [2.05, 4.69) is 25.5 Å². The molecular formula is C17H22N8O2. The van der Waals surface area contributed by atoms with Crippen LogP contribution in [0.2, 0.25) is 0 Å². The molecule has 4 rings (SSSR count). The highest BCUT2D eigenvalue weighted by molar-refractivity contribution is 6.00. The number of nitrogens with one attached hydrogen (secondary N) is 2. The van der Waals surface area contributed by atoms with E-state index in [1.165, 1.54) is 6.20 Å². The van der Waals surface area contributed by atoms with Crippen LogP contribution >= 0.6 is 0 Å².